The summed E-state index contributed by atoms with van der Waals surface area (Å²) in [5.74, 6) is -3.66. The second kappa shape index (κ2) is 7.19. The number of benzene rings is 1. The molecule has 2 nitrogen and oxygen atoms in total. The first-order valence-electron chi connectivity index (χ1n) is 6.16. The van der Waals surface area contributed by atoms with Crippen LogP contribution in [0.15, 0.2) is 18.2 Å². The van der Waals surface area contributed by atoms with Crippen molar-refractivity contribution in [1.82, 2.24) is 0 Å². The lowest BCUT2D eigenvalue weighted by Gasteiger charge is -2.09. The van der Waals surface area contributed by atoms with Gasteiger partial charge in [0.15, 0.2) is 0 Å². The fraction of sp³-hybridized carbons (Fsp3) is 0.357. The van der Waals surface area contributed by atoms with E-state index in [0.717, 1.165) is 18.6 Å². The summed E-state index contributed by atoms with van der Waals surface area (Å²) in [5, 5.41) is 0. The molecule has 1 rings (SSSR count). The highest BCUT2D eigenvalue weighted by Crippen LogP contribution is 2.32. The van der Waals surface area contributed by atoms with Gasteiger partial charge in [0.2, 0.25) is 0 Å². The molecule has 0 saturated carbocycles. The van der Waals surface area contributed by atoms with Crippen LogP contribution in [0.25, 0.3) is 6.08 Å². The second-order valence-corrected chi connectivity index (χ2v) is 4.21. The van der Waals surface area contributed by atoms with Crippen LogP contribution in [0.5, 0.6) is 0 Å². The highest BCUT2D eigenvalue weighted by Gasteiger charge is 2.34. The SMILES string of the molecule is CCCCOC(=O)C=Cc1cc(F)c(C(F)(F)F)cc1F. The summed E-state index contributed by atoms with van der Waals surface area (Å²) in [7, 11) is 0. The minimum absolute atomic E-state index is 0.0530. The largest absolute Gasteiger partial charge is 0.463 e. The van der Waals surface area contributed by atoms with E-state index in [9.17, 15) is 26.7 Å². The normalized spacial score (nSPS) is 11.9. The first-order valence-corrected chi connectivity index (χ1v) is 6.16. The van der Waals surface area contributed by atoms with Crippen LogP contribution in [0.2, 0.25) is 0 Å². The van der Waals surface area contributed by atoms with E-state index in [1.54, 1.807) is 0 Å². The molecule has 1 aromatic carbocycles. The van der Waals surface area contributed by atoms with Crippen molar-refractivity contribution in [3.63, 3.8) is 0 Å². The number of esters is 1. The number of unbranched alkanes of at least 4 members (excludes halogenated alkanes) is 1. The van der Waals surface area contributed by atoms with E-state index in [1.165, 1.54) is 0 Å². The molecule has 0 radical (unpaired) electrons. The Morgan fingerprint density at radius 3 is 2.48 bits per heavy atom. The van der Waals surface area contributed by atoms with Gasteiger partial charge in [0.25, 0.3) is 0 Å². The Bertz CT molecular complexity index is 535. The van der Waals surface area contributed by atoms with Crippen molar-refractivity contribution in [2.75, 3.05) is 6.61 Å². The summed E-state index contributed by atoms with van der Waals surface area (Å²) in [6.07, 6.45) is -1.81. The van der Waals surface area contributed by atoms with E-state index in [2.05, 4.69) is 0 Å². The van der Waals surface area contributed by atoms with Gasteiger partial charge < -0.3 is 4.74 Å². The van der Waals surface area contributed by atoms with Gasteiger partial charge in [-0.2, -0.15) is 13.2 Å². The summed E-state index contributed by atoms with van der Waals surface area (Å²) in [5.41, 5.74) is -2.16. The molecular formula is C14H13F5O2. The molecule has 0 bridgehead atoms. The molecule has 0 aliphatic carbocycles. The molecule has 0 atom stereocenters. The Morgan fingerprint density at radius 2 is 1.90 bits per heavy atom. The van der Waals surface area contributed by atoms with Crippen LogP contribution >= 0.6 is 0 Å². The molecule has 0 heterocycles. The molecule has 0 fully saturated rings. The van der Waals surface area contributed by atoms with Crippen molar-refractivity contribution in [3.8, 4) is 0 Å². The Morgan fingerprint density at radius 1 is 1.24 bits per heavy atom. The van der Waals surface area contributed by atoms with E-state index in [1.807, 2.05) is 6.92 Å². The van der Waals surface area contributed by atoms with Gasteiger partial charge in [-0.1, -0.05) is 13.3 Å². The number of hydrogen-bond acceptors (Lipinski definition) is 2. The minimum atomic E-state index is -4.98. The lowest BCUT2D eigenvalue weighted by atomic mass is 10.1. The molecule has 0 amide bonds. The minimum Gasteiger partial charge on any atom is -0.463 e. The van der Waals surface area contributed by atoms with Crippen LogP contribution in [-0.4, -0.2) is 12.6 Å². The fourth-order valence-corrected chi connectivity index (χ4v) is 1.43. The second-order valence-electron chi connectivity index (χ2n) is 4.21. The zero-order chi connectivity index (χ0) is 16.0. The number of halogens is 5. The number of ether oxygens (including phenoxy) is 1. The zero-order valence-electron chi connectivity index (χ0n) is 11.1. The van der Waals surface area contributed by atoms with Crippen molar-refractivity contribution in [2.45, 2.75) is 25.9 Å². The number of rotatable bonds is 5. The van der Waals surface area contributed by atoms with Crippen LogP contribution in [0.4, 0.5) is 22.0 Å². The number of carbonyl (C=O) groups excluding carboxylic acids is 1. The van der Waals surface area contributed by atoms with Crippen molar-refractivity contribution in [1.29, 1.82) is 0 Å². The predicted molar refractivity (Wildman–Crippen MR) is 66.3 cm³/mol. The van der Waals surface area contributed by atoms with Crippen molar-refractivity contribution >= 4 is 12.0 Å². The zero-order valence-corrected chi connectivity index (χ0v) is 11.1. The number of alkyl halides is 3. The third kappa shape index (κ3) is 5.17. The first-order chi connectivity index (χ1) is 9.75. The van der Waals surface area contributed by atoms with Gasteiger partial charge in [-0.3, -0.25) is 0 Å². The molecule has 1 aromatic rings. The van der Waals surface area contributed by atoms with E-state index >= 15 is 0 Å². The molecule has 0 aliphatic heterocycles. The number of carbonyl (C=O) groups is 1. The maximum Gasteiger partial charge on any atom is 0.419 e. The van der Waals surface area contributed by atoms with Crippen LogP contribution in [0.1, 0.15) is 30.9 Å². The number of hydrogen-bond donors (Lipinski definition) is 0. The van der Waals surface area contributed by atoms with Gasteiger partial charge >= 0.3 is 12.1 Å². The topological polar surface area (TPSA) is 26.3 Å². The average molecular weight is 308 g/mol. The van der Waals surface area contributed by atoms with E-state index in [0.29, 0.717) is 12.5 Å². The van der Waals surface area contributed by atoms with Crippen molar-refractivity contribution in [3.05, 3.63) is 41.0 Å². The van der Waals surface area contributed by atoms with Crippen LogP contribution in [0.3, 0.4) is 0 Å². The van der Waals surface area contributed by atoms with Crippen LogP contribution in [0, 0.1) is 11.6 Å². The van der Waals surface area contributed by atoms with Crippen LogP contribution < -0.4 is 0 Å². The molecule has 0 N–H and O–H groups in total. The standard InChI is InChI=1S/C14H13F5O2/c1-2-3-6-21-13(20)5-4-9-7-12(16)10(8-11(9)15)14(17,18)19/h4-5,7-8H,2-3,6H2,1H3. The fourth-order valence-electron chi connectivity index (χ4n) is 1.43. The van der Waals surface area contributed by atoms with Gasteiger partial charge in [-0.25, -0.2) is 13.6 Å². The molecule has 0 unspecified atom stereocenters. The first kappa shape index (κ1) is 17.1. The predicted octanol–water partition coefficient (Wildman–Crippen LogP) is 4.34. The Kier molecular flexibility index (Phi) is 5.87. The monoisotopic (exact) mass is 308 g/mol. The van der Waals surface area contributed by atoms with Gasteiger partial charge in [-0.15, -0.1) is 0 Å². The van der Waals surface area contributed by atoms with E-state index < -0.39 is 34.9 Å². The Hall–Kier alpha value is -1.92. The molecular weight excluding hydrogens is 295 g/mol. The van der Waals surface area contributed by atoms with Gasteiger partial charge in [0.05, 0.1) is 12.2 Å². The van der Waals surface area contributed by atoms with Gasteiger partial charge in [-0.05, 0) is 24.6 Å². The molecule has 0 spiro atoms. The lowest BCUT2D eigenvalue weighted by molar-refractivity contribution is -0.140. The summed E-state index contributed by atoms with van der Waals surface area (Å²) < 4.78 is 68.5. The molecule has 21 heavy (non-hydrogen) atoms. The molecule has 0 aromatic heterocycles. The summed E-state index contributed by atoms with van der Waals surface area (Å²) in [6, 6.07) is 0.436. The van der Waals surface area contributed by atoms with Gasteiger partial charge in [0, 0.05) is 11.6 Å². The average Bonchev–Trinajstić information content (AvgIpc) is 2.38. The van der Waals surface area contributed by atoms with Gasteiger partial charge in [0.1, 0.15) is 11.6 Å². The smallest absolute Gasteiger partial charge is 0.419 e. The third-order valence-electron chi connectivity index (χ3n) is 2.53. The molecule has 0 saturated heterocycles. The lowest BCUT2D eigenvalue weighted by Crippen LogP contribution is -2.09. The Balaban J connectivity index is 2.86. The van der Waals surface area contributed by atoms with Crippen molar-refractivity contribution in [2.24, 2.45) is 0 Å². The summed E-state index contributed by atoms with van der Waals surface area (Å²) in [6.45, 7) is 2.08. The maximum absolute atomic E-state index is 13.4. The quantitative estimate of drug-likeness (QED) is 0.350. The Labute approximate surface area is 118 Å². The molecule has 116 valence electrons. The maximum atomic E-state index is 13.4. The molecule has 0 aliphatic rings. The molecule has 7 heteroatoms. The van der Waals surface area contributed by atoms with E-state index in [-0.39, 0.29) is 12.7 Å². The highest BCUT2D eigenvalue weighted by atomic mass is 19.4. The third-order valence-corrected chi connectivity index (χ3v) is 2.53. The summed E-state index contributed by atoms with van der Waals surface area (Å²) in [4.78, 5) is 11.2. The summed E-state index contributed by atoms with van der Waals surface area (Å²) >= 11 is 0. The highest BCUT2D eigenvalue weighted by molar-refractivity contribution is 5.87. The van der Waals surface area contributed by atoms with Crippen molar-refractivity contribution < 1.29 is 31.5 Å². The van der Waals surface area contributed by atoms with E-state index in [4.69, 9.17) is 4.74 Å². The van der Waals surface area contributed by atoms with Crippen LogP contribution in [-0.2, 0) is 15.7 Å².